The molecule has 0 radical (unpaired) electrons. The molecule has 1 aromatic carbocycles. The summed E-state index contributed by atoms with van der Waals surface area (Å²) in [6.45, 7) is 17.3. The van der Waals surface area contributed by atoms with Crippen LogP contribution in [0.5, 0.6) is 5.75 Å². The Labute approximate surface area is 237 Å². The molecule has 4 saturated carbocycles. The summed E-state index contributed by atoms with van der Waals surface area (Å²) in [5.74, 6) is 1.31. The number of para-hydroxylation sites is 1. The minimum absolute atomic E-state index is 0.0313. The lowest BCUT2D eigenvalue weighted by Crippen LogP contribution is -2.69. The molecule has 4 unspecified atom stereocenters. The van der Waals surface area contributed by atoms with Crippen LogP contribution in [0.3, 0.4) is 0 Å². The number of hydrogen-bond donors (Lipinski definition) is 2. The summed E-state index contributed by atoms with van der Waals surface area (Å²) in [4.78, 5) is 0. The van der Waals surface area contributed by atoms with Gasteiger partial charge >= 0.3 is 0 Å². The highest BCUT2D eigenvalue weighted by Crippen LogP contribution is 2.71. The van der Waals surface area contributed by atoms with Gasteiger partial charge in [0.25, 0.3) is 0 Å². The highest BCUT2D eigenvalue weighted by molar-refractivity contribution is 6.74. The zero-order chi connectivity index (χ0) is 28.1. The lowest BCUT2D eigenvalue weighted by atomic mass is 9.41. The Bertz CT molecular complexity index is 1090. The van der Waals surface area contributed by atoms with Crippen LogP contribution in [0, 0.1) is 28.6 Å². The fraction of sp³-hybridized carbons (Fsp3) is 0.818. The normalized spacial score (nSPS) is 43.6. The number of hydrogen-bond acceptors (Lipinski definition) is 5. The Morgan fingerprint density at radius 1 is 0.897 bits per heavy atom. The molecule has 0 amide bonds. The third-order valence-corrected chi connectivity index (χ3v) is 17.5. The standard InChI is InChI=1S/C33H52O5Si/c1-29(2,3)39(6,7)38-26-11-9-8-10-23(26)28-32(35)17-14-22-24-12-13-27(34)30(24,4)16-15-25(22)31(32,5)18-19-33(28)36-20-21-37-33/h8-11,22,24-25,27-28,34-35H,12-21H2,1-7H3/t22?,24?,25?,27-,28?,30-,31+,32+/m0/s1. The first-order valence-electron chi connectivity index (χ1n) is 15.6. The van der Waals surface area contributed by atoms with E-state index in [4.69, 9.17) is 13.9 Å². The summed E-state index contributed by atoms with van der Waals surface area (Å²) in [5.41, 5.74) is -0.133. The number of fused-ring (bicyclic) bond motifs is 5. The summed E-state index contributed by atoms with van der Waals surface area (Å²) in [6.07, 6.45) is 7.43. The number of benzene rings is 1. The molecule has 5 fully saturated rings. The third kappa shape index (κ3) is 3.91. The van der Waals surface area contributed by atoms with E-state index in [1.807, 2.05) is 0 Å². The van der Waals surface area contributed by atoms with Gasteiger partial charge in [0.15, 0.2) is 5.79 Å². The fourth-order valence-electron chi connectivity index (χ4n) is 9.78. The van der Waals surface area contributed by atoms with Crippen molar-refractivity contribution >= 4 is 8.32 Å². The summed E-state index contributed by atoms with van der Waals surface area (Å²) in [6, 6.07) is 8.42. The van der Waals surface area contributed by atoms with Crippen molar-refractivity contribution < 1.29 is 24.1 Å². The first-order valence-corrected chi connectivity index (χ1v) is 18.6. The second-order valence-electron chi connectivity index (χ2n) is 15.7. The lowest BCUT2D eigenvalue weighted by molar-refractivity contribution is -0.301. The Morgan fingerprint density at radius 2 is 1.59 bits per heavy atom. The van der Waals surface area contributed by atoms with Gasteiger partial charge in [0.05, 0.1) is 30.8 Å². The predicted molar refractivity (Wildman–Crippen MR) is 156 cm³/mol. The molecule has 8 atom stereocenters. The van der Waals surface area contributed by atoms with Crippen LogP contribution < -0.4 is 4.43 Å². The lowest BCUT2D eigenvalue weighted by Gasteiger charge is -2.67. The van der Waals surface area contributed by atoms with Gasteiger partial charge in [0.2, 0.25) is 8.32 Å². The summed E-state index contributed by atoms with van der Waals surface area (Å²) < 4.78 is 20.1. The van der Waals surface area contributed by atoms with Gasteiger partial charge in [-0.05, 0) is 92.3 Å². The summed E-state index contributed by atoms with van der Waals surface area (Å²) in [5, 5.41) is 24.2. The SMILES string of the molecule is CC(C)(C)[Si](C)(C)Oc1ccccc1C1C2(CC[C@]3(C)C4CC[C@@]5(C)C(CC[C@@H]5O)C4CC[C@@]13O)OCCO2. The summed E-state index contributed by atoms with van der Waals surface area (Å²) >= 11 is 0. The van der Waals surface area contributed by atoms with E-state index in [2.05, 4.69) is 72.0 Å². The third-order valence-electron chi connectivity index (χ3n) is 13.1. The van der Waals surface area contributed by atoms with E-state index in [0.29, 0.717) is 31.0 Å². The van der Waals surface area contributed by atoms with E-state index in [9.17, 15) is 10.2 Å². The zero-order valence-electron chi connectivity index (χ0n) is 25.4. The predicted octanol–water partition coefficient (Wildman–Crippen LogP) is 7.03. The van der Waals surface area contributed by atoms with E-state index in [1.54, 1.807) is 0 Å². The molecule has 6 rings (SSSR count). The van der Waals surface area contributed by atoms with E-state index in [-0.39, 0.29) is 27.9 Å². The molecule has 39 heavy (non-hydrogen) atoms. The van der Waals surface area contributed by atoms with Crippen LogP contribution in [0.1, 0.15) is 97.5 Å². The van der Waals surface area contributed by atoms with Crippen molar-refractivity contribution in [2.75, 3.05) is 13.2 Å². The molecule has 0 bridgehead atoms. The topological polar surface area (TPSA) is 68.2 Å². The van der Waals surface area contributed by atoms with Crippen LogP contribution in [0.15, 0.2) is 24.3 Å². The number of aliphatic hydroxyl groups is 2. The van der Waals surface area contributed by atoms with Gasteiger partial charge in [-0.3, -0.25) is 0 Å². The maximum atomic E-state index is 13.2. The second kappa shape index (κ2) is 9.04. The molecule has 218 valence electrons. The Morgan fingerprint density at radius 3 is 2.28 bits per heavy atom. The number of ether oxygens (including phenoxy) is 2. The van der Waals surface area contributed by atoms with Crippen molar-refractivity contribution in [2.45, 2.75) is 128 Å². The highest BCUT2D eigenvalue weighted by Gasteiger charge is 2.71. The largest absolute Gasteiger partial charge is 0.543 e. The van der Waals surface area contributed by atoms with Crippen molar-refractivity contribution in [3.8, 4) is 5.75 Å². The average Bonchev–Trinajstić information content (AvgIpc) is 3.45. The maximum Gasteiger partial charge on any atom is 0.250 e. The zero-order valence-corrected chi connectivity index (χ0v) is 26.4. The van der Waals surface area contributed by atoms with Crippen molar-refractivity contribution in [2.24, 2.45) is 28.6 Å². The van der Waals surface area contributed by atoms with Crippen molar-refractivity contribution in [3.05, 3.63) is 29.8 Å². The minimum atomic E-state index is -2.12. The van der Waals surface area contributed by atoms with Gasteiger partial charge < -0.3 is 24.1 Å². The van der Waals surface area contributed by atoms with Crippen molar-refractivity contribution in [1.29, 1.82) is 0 Å². The van der Waals surface area contributed by atoms with Crippen molar-refractivity contribution in [1.82, 2.24) is 0 Å². The van der Waals surface area contributed by atoms with Gasteiger partial charge in [-0.25, -0.2) is 0 Å². The molecule has 5 nitrogen and oxygen atoms in total. The van der Waals surface area contributed by atoms with E-state index in [0.717, 1.165) is 62.7 Å². The number of aliphatic hydroxyl groups excluding tert-OH is 1. The molecule has 1 spiro atoms. The van der Waals surface area contributed by atoms with Crippen LogP contribution in [0.2, 0.25) is 18.1 Å². The number of rotatable bonds is 3. The van der Waals surface area contributed by atoms with Gasteiger partial charge in [-0.15, -0.1) is 0 Å². The highest BCUT2D eigenvalue weighted by atomic mass is 28.4. The van der Waals surface area contributed by atoms with Crippen LogP contribution in [-0.2, 0) is 9.47 Å². The molecule has 1 aliphatic heterocycles. The maximum absolute atomic E-state index is 13.2. The first kappa shape index (κ1) is 28.2. The van der Waals surface area contributed by atoms with E-state index >= 15 is 0 Å². The summed E-state index contributed by atoms with van der Waals surface area (Å²) in [7, 11) is -2.12. The molecule has 5 aliphatic rings. The molecule has 1 saturated heterocycles. The molecule has 4 aliphatic carbocycles. The molecule has 6 heteroatoms. The van der Waals surface area contributed by atoms with Gasteiger partial charge in [0.1, 0.15) is 5.75 Å². The van der Waals surface area contributed by atoms with Crippen LogP contribution in [-0.4, -0.2) is 49.2 Å². The van der Waals surface area contributed by atoms with Gasteiger partial charge in [0, 0.05) is 17.4 Å². The van der Waals surface area contributed by atoms with Crippen LogP contribution in [0.25, 0.3) is 0 Å². The van der Waals surface area contributed by atoms with Crippen LogP contribution in [0.4, 0.5) is 0 Å². The Kier molecular flexibility index (Phi) is 6.54. The minimum Gasteiger partial charge on any atom is -0.543 e. The smallest absolute Gasteiger partial charge is 0.250 e. The Hall–Kier alpha value is -0.923. The molecule has 1 heterocycles. The van der Waals surface area contributed by atoms with Gasteiger partial charge in [-0.2, -0.15) is 0 Å². The monoisotopic (exact) mass is 556 g/mol. The molecule has 0 aromatic heterocycles. The van der Waals surface area contributed by atoms with E-state index in [1.165, 1.54) is 0 Å². The van der Waals surface area contributed by atoms with Crippen molar-refractivity contribution in [3.63, 3.8) is 0 Å². The van der Waals surface area contributed by atoms with E-state index < -0.39 is 19.7 Å². The average molecular weight is 557 g/mol. The molecule has 2 N–H and O–H groups in total. The van der Waals surface area contributed by atoms with Crippen LogP contribution >= 0.6 is 0 Å². The molecular weight excluding hydrogens is 504 g/mol. The fourth-order valence-corrected chi connectivity index (χ4v) is 10.8. The second-order valence-corrected chi connectivity index (χ2v) is 20.5. The van der Waals surface area contributed by atoms with Gasteiger partial charge in [-0.1, -0.05) is 52.8 Å². The molecule has 1 aromatic rings. The molecular formula is C33H52O5Si. The Balaban J connectivity index is 1.44. The quantitative estimate of drug-likeness (QED) is 0.391. The first-order chi connectivity index (χ1) is 18.2.